The Morgan fingerprint density at radius 1 is 0.840 bits per heavy atom. The van der Waals surface area contributed by atoms with Gasteiger partial charge in [0.1, 0.15) is 0 Å². The van der Waals surface area contributed by atoms with E-state index in [0.29, 0.717) is 15.6 Å². The van der Waals surface area contributed by atoms with Crippen LogP contribution in [0.3, 0.4) is 0 Å². The molecule has 1 amide bonds. The van der Waals surface area contributed by atoms with Crippen LogP contribution in [0.2, 0.25) is 10.0 Å². The fourth-order valence-electron chi connectivity index (χ4n) is 2.99. The van der Waals surface area contributed by atoms with E-state index in [-0.39, 0.29) is 5.91 Å². The van der Waals surface area contributed by atoms with Gasteiger partial charge >= 0.3 is 0 Å². The molecule has 0 unspecified atom stereocenters. The van der Waals surface area contributed by atoms with E-state index in [1.54, 1.807) is 17.0 Å². The summed E-state index contributed by atoms with van der Waals surface area (Å²) in [4.78, 5) is 14.9. The summed E-state index contributed by atoms with van der Waals surface area (Å²) in [7, 11) is 0. The van der Waals surface area contributed by atoms with Gasteiger partial charge in [-0.05, 0) is 42.0 Å². The molecule has 0 saturated heterocycles. The number of nitrogens with zero attached hydrogens (tertiary/aromatic N) is 1. The number of rotatable bonds is 2. The van der Waals surface area contributed by atoms with E-state index in [1.165, 1.54) is 0 Å². The Kier molecular flexibility index (Phi) is 4.08. The molecule has 3 aromatic carbocycles. The largest absolute Gasteiger partial charge is 0.276 e. The SMILES string of the molecule is O=C1/C(=C/c2ccc(Cl)cc2Cl)c2ccccc2N1c1ccccc1. The highest BCUT2D eigenvalue weighted by Gasteiger charge is 2.33. The topological polar surface area (TPSA) is 20.3 Å². The maximum atomic E-state index is 13.1. The lowest BCUT2D eigenvalue weighted by Gasteiger charge is -2.16. The number of carbonyl (C=O) groups excluding carboxylic acids is 1. The molecule has 3 aromatic rings. The number of amides is 1. The maximum absolute atomic E-state index is 13.1. The monoisotopic (exact) mass is 365 g/mol. The quantitative estimate of drug-likeness (QED) is 0.494. The zero-order chi connectivity index (χ0) is 17.4. The van der Waals surface area contributed by atoms with Crippen LogP contribution < -0.4 is 4.90 Å². The molecule has 0 atom stereocenters. The van der Waals surface area contributed by atoms with E-state index in [0.717, 1.165) is 22.5 Å². The van der Waals surface area contributed by atoms with Gasteiger partial charge in [0.05, 0.1) is 11.3 Å². The first-order valence-corrected chi connectivity index (χ1v) is 8.56. The fraction of sp³-hybridized carbons (Fsp3) is 0. The van der Waals surface area contributed by atoms with E-state index in [2.05, 4.69) is 0 Å². The minimum absolute atomic E-state index is 0.0709. The first-order valence-electron chi connectivity index (χ1n) is 7.81. The molecular weight excluding hydrogens is 353 g/mol. The average molecular weight is 366 g/mol. The highest BCUT2D eigenvalue weighted by Crippen LogP contribution is 2.42. The summed E-state index contributed by atoms with van der Waals surface area (Å²) in [6.07, 6.45) is 1.82. The van der Waals surface area contributed by atoms with Crippen LogP contribution >= 0.6 is 23.2 Å². The summed E-state index contributed by atoms with van der Waals surface area (Å²) >= 11 is 12.2. The number of para-hydroxylation sites is 2. The Labute approximate surface area is 155 Å². The summed E-state index contributed by atoms with van der Waals surface area (Å²) in [5.74, 6) is -0.0709. The van der Waals surface area contributed by atoms with Crippen molar-refractivity contribution >= 4 is 52.1 Å². The number of hydrogen-bond acceptors (Lipinski definition) is 1. The highest BCUT2D eigenvalue weighted by atomic mass is 35.5. The molecule has 4 rings (SSSR count). The number of halogens is 2. The van der Waals surface area contributed by atoms with Gasteiger partial charge in [-0.15, -0.1) is 0 Å². The van der Waals surface area contributed by atoms with Crippen LogP contribution in [0, 0.1) is 0 Å². The van der Waals surface area contributed by atoms with Crippen LogP contribution in [0.15, 0.2) is 72.8 Å². The van der Waals surface area contributed by atoms with Crippen molar-refractivity contribution in [2.75, 3.05) is 4.90 Å². The van der Waals surface area contributed by atoms with Crippen LogP contribution in [0.5, 0.6) is 0 Å². The minimum atomic E-state index is -0.0709. The van der Waals surface area contributed by atoms with Crippen molar-refractivity contribution in [1.29, 1.82) is 0 Å². The molecular formula is C21H13Cl2NO. The predicted octanol–water partition coefficient (Wildman–Crippen LogP) is 6.21. The molecule has 0 bridgehead atoms. The van der Waals surface area contributed by atoms with Gasteiger partial charge in [0.25, 0.3) is 5.91 Å². The second kappa shape index (κ2) is 6.40. The van der Waals surface area contributed by atoms with Gasteiger partial charge in [0.2, 0.25) is 0 Å². The third-order valence-corrected chi connectivity index (χ3v) is 4.71. The fourth-order valence-corrected chi connectivity index (χ4v) is 3.45. The summed E-state index contributed by atoms with van der Waals surface area (Å²) < 4.78 is 0. The summed E-state index contributed by atoms with van der Waals surface area (Å²) in [6.45, 7) is 0. The molecule has 1 heterocycles. The number of benzene rings is 3. The molecule has 4 heteroatoms. The van der Waals surface area contributed by atoms with Crippen LogP contribution in [-0.2, 0) is 4.79 Å². The number of hydrogen-bond donors (Lipinski definition) is 0. The van der Waals surface area contributed by atoms with Crippen molar-refractivity contribution in [3.05, 3.63) is 94.0 Å². The molecule has 0 saturated carbocycles. The Morgan fingerprint density at radius 2 is 1.56 bits per heavy atom. The lowest BCUT2D eigenvalue weighted by atomic mass is 10.0. The number of carbonyl (C=O) groups is 1. The molecule has 0 fully saturated rings. The molecule has 0 spiro atoms. The maximum Gasteiger partial charge on any atom is 0.263 e. The standard InChI is InChI=1S/C21H13Cl2NO/c22-15-11-10-14(19(23)13-15)12-18-17-8-4-5-9-20(17)24(21(18)25)16-6-2-1-3-7-16/h1-13H/b18-12+. The molecule has 0 N–H and O–H groups in total. The first-order chi connectivity index (χ1) is 12.1. The molecule has 0 aliphatic carbocycles. The summed E-state index contributed by atoms with van der Waals surface area (Å²) in [5.41, 5.74) is 3.98. The second-order valence-corrected chi connectivity index (χ2v) is 6.56. The third-order valence-electron chi connectivity index (χ3n) is 4.15. The molecule has 25 heavy (non-hydrogen) atoms. The number of fused-ring (bicyclic) bond motifs is 1. The third kappa shape index (κ3) is 2.84. The molecule has 1 aliphatic rings. The van der Waals surface area contributed by atoms with E-state index in [9.17, 15) is 4.79 Å². The van der Waals surface area contributed by atoms with Gasteiger partial charge in [0.15, 0.2) is 0 Å². The van der Waals surface area contributed by atoms with Gasteiger partial charge < -0.3 is 0 Å². The number of anilines is 2. The lowest BCUT2D eigenvalue weighted by Crippen LogP contribution is -2.20. The van der Waals surface area contributed by atoms with Crippen molar-refractivity contribution in [2.24, 2.45) is 0 Å². The van der Waals surface area contributed by atoms with E-state index >= 15 is 0 Å². The highest BCUT2D eigenvalue weighted by molar-refractivity contribution is 6.39. The second-order valence-electron chi connectivity index (χ2n) is 5.72. The lowest BCUT2D eigenvalue weighted by molar-refractivity contribution is -0.112. The van der Waals surface area contributed by atoms with Crippen LogP contribution in [0.1, 0.15) is 11.1 Å². The van der Waals surface area contributed by atoms with Crippen molar-refractivity contribution in [1.82, 2.24) is 0 Å². The van der Waals surface area contributed by atoms with Crippen LogP contribution in [-0.4, -0.2) is 5.91 Å². The molecule has 2 nitrogen and oxygen atoms in total. The van der Waals surface area contributed by atoms with E-state index < -0.39 is 0 Å². The molecule has 122 valence electrons. The van der Waals surface area contributed by atoms with E-state index in [1.807, 2.05) is 66.7 Å². The predicted molar refractivity (Wildman–Crippen MR) is 104 cm³/mol. The average Bonchev–Trinajstić information content (AvgIpc) is 2.90. The molecule has 0 radical (unpaired) electrons. The zero-order valence-corrected chi connectivity index (χ0v) is 14.6. The summed E-state index contributed by atoms with van der Waals surface area (Å²) in [5, 5.41) is 1.08. The van der Waals surface area contributed by atoms with Crippen molar-refractivity contribution in [2.45, 2.75) is 0 Å². The Morgan fingerprint density at radius 3 is 2.32 bits per heavy atom. The smallest absolute Gasteiger partial charge is 0.263 e. The van der Waals surface area contributed by atoms with Crippen molar-refractivity contribution in [3.63, 3.8) is 0 Å². The van der Waals surface area contributed by atoms with Gasteiger partial charge in [-0.1, -0.05) is 65.7 Å². The van der Waals surface area contributed by atoms with Gasteiger partial charge in [-0.25, -0.2) is 0 Å². The normalized spacial score (nSPS) is 14.9. The van der Waals surface area contributed by atoms with Gasteiger partial charge in [0, 0.05) is 21.3 Å². The zero-order valence-electron chi connectivity index (χ0n) is 13.1. The van der Waals surface area contributed by atoms with E-state index in [4.69, 9.17) is 23.2 Å². The van der Waals surface area contributed by atoms with Crippen LogP contribution in [0.25, 0.3) is 11.6 Å². The van der Waals surface area contributed by atoms with Gasteiger partial charge in [-0.2, -0.15) is 0 Å². The van der Waals surface area contributed by atoms with Crippen LogP contribution in [0.4, 0.5) is 11.4 Å². The first kappa shape index (κ1) is 15.9. The van der Waals surface area contributed by atoms with Crippen molar-refractivity contribution in [3.8, 4) is 0 Å². The Bertz CT molecular complexity index is 996. The Balaban J connectivity index is 1.87. The molecule has 0 aromatic heterocycles. The molecule has 1 aliphatic heterocycles. The van der Waals surface area contributed by atoms with Gasteiger partial charge in [-0.3, -0.25) is 9.69 Å². The summed E-state index contributed by atoms with van der Waals surface area (Å²) in [6, 6.07) is 22.6. The minimum Gasteiger partial charge on any atom is -0.276 e. The van der Waals surface area contributed by atoms with Crippen molar-refractivity contribution < 1.29 is 4.79 Å². The Hall–Kier alpha value is -2.55.